The molecule has 0 unspecified atom stereocenters. The predicted molar refractivity (Wildman–Crippen MR) is 102 cm³/mol. The molecule has 0 bridgehead atoms. The van der Waals surface area contributed by atoms with Gasteiger partial charge in [-0.2, -0.15) is 4.99 Å². The molecule has 7 nitrogen and oxygen atoms in total. The number of nitrogens with two attached hydrogens (primary N) is 2. The number of nitrogens with zero attached hydrogens (tertiary/aromatic N) is 3. The normalized spacial score (nSPS) is 15.5. The minimum Gasteiger partial charge on any atom is -0.370 e. The van der Waals surface area contributed by atoms with E-state index in [9.17, 15) is 4.79 Å². The van der Waals surface area contributed by atoms with E-state index in [4.69, 9.17) is 11.5 Å². The van der Waals surface area contributed by atoms with E-state index < -0.39 is 0 Å². The number of aliphatic imine (C=N–C) groups is 1. The Morgan fingerprint density at radius 1 is 1.12 bits per heavy atom. The second kappa shape index (κ2) is 8.39. The van der Waals surface area contributed by atoms with E-state index in [0.717, 1.165) is 42.1 Å². The number of nitrogens with one attached hydrogen (secondary N) is 1. The first-order valence-corrected chi connectivity index (χ1v) is 10.2. The van der Waals surface area contributed by atoms with Gasteiger partial charge < -0.3 is 16.8 Å². The van der Waals surface area contributed by atoms with Gasteiger partial charge in [-0.1, -0.05) is 25.7 Å². The Labute approximate surface area is 154 Å². The number of carbonyl (C=O) groups excluding carboxylic acids is 1. The molecule has 0 saturated heterocycles. The van der Waals surface area contributed by atoms with Gasteiger partial charge in [0.2, 0.25) is 11.0 Å². The smallest absolute Gasteiger partial charge is 0.223 e. The van der Waals surface area contributed by atoms with Gasteiger partial charge in [0.25, 0.3) is 0 Å². The highest BCUT2D eigenvalue weighted by Crippen LogP contribution is 2.28. The molecule has 2 heterocycles. The lowest BCUT2D eigenvalue weighted by atomic mass is 10.00. The maximum absolute atomic E-state index is 12.3. The molecule has 1 fully saturated rings. The minimum atomic E-state index is -0.0129. The van der Waals surface area contributed by atoms with Crippen LogP contribution in [0.3, 0.4) is 0 Å². The van der Waals surface area contributed by atoms with E-state index in [1.165, 1.54) is 35.5 Å². The van der Waals surface area contributed by atoms with E-state index >= 15 is 0 Å². The van der Waals surface area contributed by atoms with Crippen molar-refractivity contribution in [2.24, 2.45) is 22.4 Å². The maximum Gasteiger partial charge on any atom is 0.223 e. The van der Waals surface area contributed by atoms with Crippen molar-refractivity contribution in [3.8, 4) is 11.4 Å². The Balaban J connectivity index is 1.57. The van der Waals surface area contributed by atoms with Gasteiger partial charge in [0.1, 0.15) is 16.4 Å². The van der Waals surface area contributed by atoms with Gasteiger partial charge in [-0.3, -0.25) is 4.79 Å². The molecule has 9 heteroatoms. The molecule has 1 saturated carbocycles. The van der Waals surface area contributed by atoms with Gasteiger partial charge in [-0.25, -0.2) is 9.97 Å². The summed E-state index contributed by atoms with van der Waals surface area (Å²) in [6.45, 7) is 0.463. The first-order chi connectivity index (χ1) is 12.1. The first-order valence-electron chi connectivity index (χ1n) is 8.39. The summed E-state index contributed by atoms with van der Waals surface area (Å²) in [6, 6.07) is 0. The molecule has 0 aromatic carbocycles. The first kappa shape index (κ1) is 17.8. The lowest BCUT2D eigenvalue weighted by Crippen LogP contribution is -2.30. The van der Waals surface area contributed by atoms with Gasteiger partial charge >= 0.3 is 0 Å². The van der Waals surface area contributed by atoms with E-state index in [1.54, 1.807) is 0 Å². The van der Waals surface area contributed by atoms with Crippen LogP contribution >= 0.6 is 22.7 Å². The highest BCUT2D eigenvalue weighted by atomic mass is 32.1. The van der Waals surface area contributed by atoms with Crippen molar-refractivity contribution >= 4 is 39.7 Å². The van der Waals surface area contributed by atoms with Crippen LogP contribution in [0.2, 0.25) is 0 Å². The Kier molecular flexibility index (Phi) is 5.98. The Hall–Kier alpha value is -2.00. The average Bonchev–Trinajstić information content (AvgIpc) is 3.14. The van der Waals surface area contributed by atoms with Crippen molar-refractivity contribution in [2.45, 2.75) is 45.1 Å². The maximum atomic E-state index is 12.3. The number of guanidine groups is 1. The van der Waals surface area contributed by atoms with Gasteiger partial charge in [-0.05, 0) is 12.8 Å². The third-order valence-electron chi connectivity index (χ3n) is 4.17. The Bertz CT molecular complexity index is 741. The molecule has 134 valence electrons. The van der Waals surface area contributed by atoms with E-state index in [0.29, 0.717) is 11.7 Å². The number of hydrogen-bond acceptors (Lipinski definition) is 6. The lowest BCUT2D eigenvalue weighted by Gasteiger charge is -2.13. The zero-order valence-corrected chi connectivity index (χ0v) is 15.5. The molecule has 2 aromatic heterocycles. The van der Waals surface area contributed by atoms with E-state index in [1.807, 2.05) is 10.8 Å². The van der Waals surface area contributed by atoms with Crippen LogP contribution in [-0.4, -0.2) is 21.8 Å². The summed E-state index contributed by atoms with van der Waals surface area (Å²) in [5, 5.41) is 8.20. The van der Waals surface area contributed by atoms with Crippen LogP contribution in [0.1, 0.15) is 43.5 Å². The SMILES string of the molecule is NC(N)=Nc1nc(-c2csc(CNC(=O)C3CCCCCC3)n2)cs1. The summed E-state index contributed by atoms with van der Waals surface area (Å²) in [6.07, 6.45) is 6.80. The van der Waals surface area contributed by atoms with Crippen LogP contribution < -0.4 is 16.8 Å². The quantitative estimate of drug-likeness (QED) is 0.420. The topological polar surface area (TPSA) is 119 Å². The summed E-state index contributed by atoms with van der Waals surface area (Å²) in [5.74, 6) is 0.297. The van der Waals surface area contributed by atoms with Crippen molar-refractivity contribution in [3.05, 3.63) is 15.8 Å². The van der Waals surface area contributed by atoms with Crippen LogP contribution in [0.15, 0.2) is 15.8 Å². The van der Waals surface area contributed by atoms with E-state index in [2.05, 4.69) is 20.3 Å². The summed E-state index contributed by atoms with van der Waals surface area (Å²) >= 11 is 2.87. The molecule has 0 aliphatic heterocycles. The van der Waals surface area contributed by atoms with Gasteiger partial charge in [-0.15, -0.1) is 22.7 Å². The second-order valence-electron chi connectivity index (χ2n) is 6.08. The molecule has 1 aliphatic rings. The van der Waals surface area contributed by atoms with Crippen molar-refractivity contribution in [1.82, 2.24) is 15.3 Å². The van der Waals surface area contributed by atoms with Crippen molar-refractivity contribution in [3.63, 3.8) is 0 Å². The van der Waals surface area contributed by atoms with Crippen molar-refractivity contribution in [2.75, 3.05) is 0 Å². The summed E-state index contributed by atoms with van der Waals surface area (Å²) in [4.78, 5) is 25.1. The highest BCUT2D eigenvalue weighted by Gasteiger charge is 2.20. The highest BCUT2D eigenvalue weighted by molar-refractivity contribution is 7.13. The molecule has 2 aromatic rings. The van der Waals surface area contributed by atoms with E-state index in [-0.39, 0.29) is 17.8 Å². The molecule has 1 amide bonds. The number of rotatable bonds is 5. The molecule has 1 aliphatic carbocycles. The monoisotopic (exact) mass is 378 g/mol. The fourth-order valence-electron chi connectivity index (χ4n) is 2.90. The third-order valence-corrected chi connectivity index (χ3v) is 5.75. The number of carbonyl (C=O) groups is 1. The zero-order chi connectivity index (χ0) is 17.6. The van der Waals surface area contributed by atoms with Crippen molar-refractivity contribution in [1.29, 1.82) is 0 Å². The standard InChI is InChI=1S/C16H22N6OS2/c17-15(18)22-16-21-12(9-25-16)11-8-24-13(20-11)7-19-14(23)10-5-3-1-2-4-6-10/h8-10H,1-7H2,(H,19,23)(H4,17,18,21,22). The van der Waals surface area contributed by atoms with Crippen LogP contribution in [0.25, 0.3) is 11.4 Å². The van der Waals surface area contributed by atoms with Gasteiger partial charge in [0.05, 0.1) is 6.54 Å². The fourth-order valence-corrected chi connectivity index (χ4v) is 4.33. The van der Waals surface area contributed by atoms with Crippen molar-refractivity contribution < 1.29 is 4.79 Å². The Morgan fingerprint density at radius 2 is 1.80 bits per heavy atom. The average molecular weight is 379 g/mol. The molecular weight excluding hydrogens is 356 g/mol. The van der Waals surface area contributed by atoms with Crippen LogP contribution in [0.5, 0.6) is 0 Å². The van der Waals surface area contributed by atoms with Gasteiger partial charge in [0, 0.05) is 16.7 Å². The summed E-state index contributed by atoms with van der Waals surface area (Å²) in [7, 11) is 0. The number of aromatic nitrogens is 2. The fraction of sp³-hybridized carbons (Fsp3) is 0.500. The molecule has 3 rings (SSSR count). The lowest BCUT2D eigenvalue weighted by molar-refractivity contribution is -0.125. The molecule has 0 spiro atoms. The minimum absolute atomic E-state index is 0.0129. The summed E-state index contributed by atoms with van der Waals surface area (Å²) < 4.78 is 0. The second-order valence-corrected chi connectivity index (χ2v) is 7.86. The predicted octanol–water partition coefficient (Wildman–Crippen LogP) is 2.76. The molecular formula is C16H22N6OS2. The number of thiazole rings is 2. The molecule has 0 atom stereocenters. The number of hydrogen-bond donors (Lipinski definition) is 3. The molecule has 25 heavy (non-hydrogen) atoms. The van der Waals surface area contributed by atoms with Crippen LogP contribution in [-0.2, 0) is 11.3 Å². The molecule has 5 N–H and O–H groups in total. The van der Waals surface area contributed by atoms with Crippen LogP contribution in [0, 0.1) is 5.92 Å². The van der Waals surface area contributed by atoms with Gasteiger partial charge in [0.15, 0.2) is 5.96 Å². The molecule has 0 radical (unpaired) electrons. The largest absolute Gasteiger partial charge is 0.370 e. The Morgan fingerprint density at radius 3 is 2.52 bits per heavy atom. The third kappa shape index (κ3) is 4.99. The number of amides is 1. The zero-order valence-electron chi connectivity index (χ0n) is 13.9. The summed E-state index contributed by atoms with van der Waals surface area (Å²) in [5.41, 5.74) is 12.2. The van der Waals surface area contributed by atoms with Crippen LogP contribution in [0.4, 0.5) is 5.13 Å².